The van der Waals surface area contributed by atoms with Crippen LogP contribution in [0.1, 0.15) is 5.56 Å². The molecule has 0 radical (unpaired) electrons. The molecule has 236 valence electrons. The van der Waals surface area contributed by atoms with Crippen LogP contribution >= 0.6 is 0 Å². The fourth-order valence-electron chi connectivity index (χ4n) is 7.28. The lowest BCUT2D eigenvalue weighted by Gasteiger charge is -2.28. The fourth-order valence-corrected chi connectivity index (χ4v) is 7.28. The summed E-state index contributed by atoms with van der Waals surface area (Å²) in [5.41, 5.74) is 11.0. The van der Waals surface area contributed by atoms with Gasteiger partial charge in [-0.15, -0.1) is 0 Å². The summed E-state index contributed by atoms with van der Waals surface area (Å²) in [4.78, 5) is 7.21. The Hall–Kier alpha value is -6.65. The SMILES string of the molecule is Cc1ccc(N(c2ccc3c(c2)oc2ccccc23)c2ccccc2-c2ccc3ccc4ccc5nc(-c6ccccc6)oc5c4c3c2)cc1. The van der Waals surface area contributed by atoms with E-state index in [1.54, 1.807) is 0 Å². The van der Waals surface area contributed by atoms with Crippen LogP contribution in [0.5, 0.6) is 0 Å². The van der Waals surface area contributed by atoms with E-state index >= 15 is 0 Å². The van der Waals surface area contributed by atoms with Crippen LogP contribution in [-0.2, 0) is 0 Å². The van der Waals surface area contributed by atoms with Crippen molar-refractivity contribution < 1.29 is 8.83 Å². The maximum atomic E-state index is 6.54. The first kappa shape index (κ1) is 28.4. The molecule has 0 saturated heterocycles. The molecule has 10 rings (SSSR count). The van der Waals surface area contributed by atoms with E-state index in [1.165, 1.54) is 5.56 Å². The van der Waals surface area contributed by atoms with Gasteiger partial charge in [-0.3, -0.25) is 0 Å². The summed E-state index contributed by atoms with van der Waals surface area (Å²) in [7, 11) is 0. The van der Waals surface area contributed by atoms with Crippen molar-refractivity contribution in [3.8, 4) is 22.6 Å². The van der Waals surface area contributed by atoms with Crippen LogP contribution in [0.25, 0.3) is 77.2 Å². The van der Waals surface area contributed by atoms with E-state index in [9.17, 15) is 0 Å². The highest BCUT2D eigenvalue weighted by Crippen LogP contribution is 2.44. The minimum Gasteiger partial charge on any atom is -0.456 e. The fraction of sp³-hybridized carbons (Fsp3) is 0.0217. The summed E-state index contributed by atoms with van der Waals surface area (Å²) < 4.78 is 12.9. The maximum absolute atomic E-state index is 6.54. The topological polar surface area (TPSA) is 42.4 Å². The van der Waals surface area contributed by atoms with Crippen LogP contribution in [0.15, 0.2) is 173 Å². The van der Waals surface area contributed by atoms with Crippen LogP contribution in [-0.4, -0.2) is 4.98 Å². The Morgan fingerprint density at radius 2 is 1.22 bits per heavy atom. The molecule has 0 amide bonds. The zero-order valence-corrected chi connectivity index (χ0v) is 27.3. The third-order valence-corrected chi connectivity index (χ3v) is 9.74. The monoisotopic (exact) mass is 642 g/mol. The summed E-state index contributed by atoms with van der Waals surface area (Å²) >= 11 is 0. The van der Waals surface area contributed by atoms with Gasteiger partial charge >= 0.3 is 0 Å². The van der Waals surface area contributed by atoms with Crippen LogP contribution in [0.2, 0.25) is 0 Å². The van der Waals surface area contributed by atoms with Crippen LogP contribution in [0, 0.1) is 6.92 Å². The second kappa shape index (κ2) is 11.2. The average Bonchev–Trinajstić information content (AvgIpc) is 3.78. The van der Waals surface area contributed by atoms with Gasteiger partial charge in [0.2, 0.25) is 5.89 Å². The van der Waals surface area contributed by atoms with E-state index in [0.717, 1.165) is 88.3 Å². The number of anilines is 3. The Kier molecular flexibility index (Phi) is 6.36. The third kappa shape index (κ3) is 4.57. The van der Waals surface area contributed by atoms with Crippen molar-refractivity contribution in [1.82, 2.24) is 4.98 Å². The Morgan fingerprint density at radius 3 is 2.12 bits per heavy atom. The van der Waals surface area contributed by atoms with Crippen molar-refractivity contribution in [3.63, 3.8) is 0 Å². The maximum Gasteiger partial charge on any atom is 0.227 e. The number of aryl methyl sites for hydroxylation is 1. The highest BCUT2D eigenvalue weighted by molar-refractivity contribution is 6.19. The van der Waals surface area contributed by atoms with Crippen molar-refractivity contribution in [1.29, 1.82) is 0 Å². The lowest BCUT2D eigenvalue weighted by atomic mass is 9.95. The highest BCUT2D eigenvalue weighted by Gasteiger charge is 2.20. The van der Waals surface area contributed by atoms with Gasteiger partial charge in [0.05, 0.1) is 5.69 Å². The molecule has 0 N–H and O–H groups in total. The summed E-state index contributed by atoms with van der Waals surface area (Å²) in [6, 6.07) is 57.5. The largest absolute Gasteiger partial charge is 0.456 e. The standard InChI is InChI=1S/C46H30N2O2/c1-29-15-22-34(23-16-29)48(35-24-25-38-37-12-6-8-14-42(37)49-43(38)28-35)41-13-7-5-11-36(41)33-20-18-30-17-19-31-21-26-40-45(44(31)39(30)27-33)50-46(47-40)32-9-3-2-4-10-32/h2-28H,1H3. The summed E-state index contributed by atoms with van der Waals surface area (Å²) in [6.07, 6.45) is 0. The number of hydrogen-bond acceptors (Lipinski definition) is 4. The molecular formula is C46H30N2O2. The molecule has 0 saturated carbocycles. The smallest absolute Gasteiger partial charge is 0.227 e. The van der Waals surface area contributed by atoms with Crippen molar-refractivity contribution in [3.05, 3.63) is 169 Å². The average molecular weight is 643 g/mol. The molecule has 0 unspecified atom stereocenters. The second-order valence-electron chi connectivity index (χ2n) is 12.9. The van der Waals surface area contributed by atoms with E-state index in [-0.39, 0.29) is 0 Å². The normalized spacial score (nSPS) is 11.7. The number of benzene rings is 8. The number of oxazole rings is 1. The van der Waals surface area contributed by atoms with Crippen molar-refractivity contribution in [2.75, 3.05) is 4.90 Å². The Balaban J connectivity index is 1.18. The van der Waals surface area contributed by atoms with Crippen molar-refractivity contribution in [2.24, 2.45) is 0 Å². The van der Waals surface area contributed by atoms with E-state index in [2.05, 4.69) is 133 Å². The molecule has 0 fully saturated rings. The van der Waals surface area contributed by atoms with Crippen molar-refractivity contribution >= 4 is 71.6 Å². The zero-order chi connectivity index (χ0) is 33.2. The minimum atomic E-state index is 0.627. The van der Waals surface area contributed by atoms with Crippen molar-refractivity contribution in [2.45, 2.75) is 6.92 Å². The number of nitrogens with zero attached hydrogens (tertiary/aromatic N) is 2. The Bertz CT molecular complexity index is 2880. The Morgan fingerprint density at radius 1 is 0.500 bits per heavy atom. The molecule has 0 bridgehead atoms. The number of aromatic nitrogens is 1. The molecule has 0 aliphatic rings. The molecule has 0 atom stereocenters. The van der Waals surface area contributed by atoms with Crippen LogP contribution in [0.4, 0.5) is 17.1 Å². The molecule has 50 heavy (non-hydrogen) atoms. The molecule has 8 aromatic carbocycles. The summed E-state index contributed by atoms with van der Waals surface area (Å²) in [5, 5.41) is 6.69. The van der Waals surface area contributed by atoms with E-state index < -0.39 is 0 Å². The molecule has 2 aromatic heterocycles. The lowest BCUT2D eigenvalue weighted by Crippen LogP contribution is -2.11. The van der Waals surface area contributed by atoms with E-state index in [0.29, 0.717) is 5.89 Å². The molecular weight excluding hydrogens is 613 g/mol. The highest BCUT2D eigenvalue weighted by atomic mass is 16.3. The molecule has 10 aromatic rings. The third-order valence-electron chi connectivity index (χ3n) is 9.74. The Labute approximate surface area is 288 Å². The van der Waals surface area contributed by atoms with Gasteiger partial charge in [0.25, 0.3) is 0 Å². The predicted octanol–water partition coefficient (Wildman–Crippen LogP) is 13.1. The van der Waals surface area contributed by atoms with Gasteiger partial charge in [-0.1, -0.05) is 103 Å². The molecule has 4 heteroatoms. The van der Waals surface area contributed by atoms with Gasteiger partial charge in [0.15, 0.2) is 5.58 Å². The summed E-state index contributed by atoms with van der Waals surface area (Å²) in [5.74, 6) is 0.627. The predicted molar refractivity (Wildman–Crippen MR) is 207 cm³/mol. The van der Waals surface area contributed by atoms with Gasteiger partial charge in [0, 0.05) is 44.7 Å². The molecule has 0 spiro atoms. The van der Waals surface area contributed by atoms with Gasteiger partial charge in [-0.2, -0.15) is 0 Å². The molecule has 4 nitrogen and oxygen atoms in total. The first-order chi connectivity index (χ1) is 24.7. The first-order valence-corrected chi connectivity index (χ1v) is 16.9. The van der Waals surface area contributed by atoms with Gasteiger partial charge < -0.3 is 13.7 Å². The minimum absolute atomic E-state index is 0.627. The zero-order valence-electron chi connectivity index (χ0n) is 27.3. The number of furan rings is 1. The number of hydrogen-bond donors (Lipinski definition) is 0. The molecule has 0 aliphatic carbocycles. The van der Waals surface area contributed by atoms with Crippen LogP contribution in [0.3, 0.4) is 0 Å². The number of rotatable bonds is 5. The van der Waals surface area contributed by atoms with Gasteiger partial charge in [-0.25, -0.2) is 4.98 Å². The van der Waals surface area contributed by atoms with E-state index in [4.69, 9.17) is 13.8 Å². The lowest BCUT2D eigenvalue weighted by molar-refractivity contribution is 0.623. The quantitative estimate of drug-likeness (QED) is 0.175. The first-order valence-electron chi connectivity index (χ1n) is 16.9. The van der Waals surface area contributed by atoms with Gasteiger partial charge in [0.1, 0.15) is 16.7 Å². The number of para-hydroxylation sites is 2. The van der Waals surface area contributed by atoms with E-state index in [1.807, 2.05) is 42.5 Å². The van der Waals surface area contributed by atoms with Crippen LogP contribution < -0.4 is 4.90 Å². The number of fused-ring (bicyclic) bond motifs is 8. The van der Waals surface area contributed by atoms with Gasteiger partial charge in [-0.05, 0) is 89.3 Å². The molecule has 2 heterocycles. The second-order valence-corrected chi connectivity index (χ2v) is 12.9. The molecule has 0 aliphatic heterocycles. The summed E-state index contributed by atoms with van der Waals surface area (Å²) in [6.45, 7) is 2.12.